The molecule has 2 aromatic rings. The Morgan fingerprint density at radius 1 is 1.29 bits per heavy atom. The molecule has 1 atom stereocenters. The Kier molecular flexibility index (Phi) is 4.37. The molecule has 0 radical (unpaired) electrons. The molecule has 0 aromatic carbocycles. The number of hydrogen-bond acceptors (Lipinski definition) is 4. The molecule has 1 saturated carbocycles. The lowest BCUT2D eigenvalue weighted by molar-refractivity contribution is 0.0769. The van der Waals surface area contributed by atoms with Crippen molar-refractivity contribution in [3.8, 4) is 0 Å². The number of fused-ring (bicyclic) bond motifs is 1. The molecular weight excluding hydrogens is 302 g/mol. The van der Waals surface area contributed by atoms with Crippen LogP contribution in [0.3, 0.4) is 0 Å². The zero-order chi connectivity index (χ0) is 16.5. The lowest BCUT2D eigenvalue weighted by Crippen LogP contribution is -2.35. The summed E-state index contributed by atoms with van der Waals surface area (Å²) in [5.41, 5.74) is 2.53. The van der Waals surface area contributed by atoms with E-state index in [9.17, 15) is 4.79 Å². The fourth-order valence-corrected chi connectivity index (χ4v) is 3.92. The number of aryl methyl sites for hydroxylation is 1. The molecule has 5 nitrogen and oxygen atoms in total. The van der Waals surface area contributed by atoms with Crippen molar-refractivity contribution in [2.75, 3.05) is 26.3 Å². The number of ether oxygens (including phenoxy) is 1. The van der Waals surface area contributed by atoms with Gasteiger partial charge in [0.05, 0.1) is 18.9 Å². The molecule has 2 aromatic heterocycles. The normalized spacial score (nSPS) is 23.1. The van der Waals surface area contributed by atoms with Crippen LogP contribution in [0.15, 0.2) is 29.1 Å². The van der Waals surface area contributed by atoms with Crippen LogP contribution < -0.4 is 5.56 Å². The third-order valence-corrected chi connectivity index (χ3v) is 5.51. The maximum atomic E-state index is 12.4. The number of nitrogens with zero attached hydrogens (tertiary/aromatic N) is 3. The van der Waals surface area contributed by atoms with E-state index < -0.39 is 0 Å². The van der Waals surface area contributed by atoms with Gasteiger partial charge in [0, 0.05) is 31.4 Å². The van der Waals surface area contributed by atoms with E-state index in [2.05, 4.69) is 4.90 Å². The highest BCUT2D eigenvalue weighted by molar-refractivity contribution is 5.40. The minimum Gasteiger partial charge on any atom is -0.380 e. The van der Waals surface area contributed by atoms with E-state index in [1.165, 1.54) is 19.3 Å². The van der Waals surface area contributed by atoms with Crippen LogP contribution in [-0.4, -0.2) is 40.6 Å². The van der Waals surface area contributed by atoms with Gasteiger partial charge in [-0.05, 0) is 30.9 Å². The van der Waals surface area contributed by atoms with Crippen LogP contribution in [0, 0.1) is 18.8 Å². The number of hydrogen-bond donors (Lipinski definition) is 0. The smallest absolute Gasteiger partial charge is 0.258 e. The zero-order valence-electron chi connectivity index (χ0n) is 14.3. The van der Waals surface area contributed by atoms with E-state index in [0.717, 1.165) is 55.8 Å². The van der Waals surface area contributed by atoms with E-state index in [1.54, 1.807) is 10.5 Å². The molecule has 2 aliphatic rings. The topological polar surface area (TPSA) is 46.8 Å². The molecular formula is C19H25N3O2. The molecule has 128 valence electrons. The van der Waals surface area contributed by atoms with E-state index >= 15 is 0 Å². The number of pyridine rings is 1. The van der Waals surface area contributed by atoms with E-state index in [0.29, 0.717) is 5.92 Å². The summed E-state index contributed by atoms with van der Waals surface area (Å²) in [5.74, 6) is 1.45. The quantitative estimate of drug-likeness (QED) is 0.867. The Morgan fingerprint density at radius 3 is 2.96 bits per heavy atom. The Bertz CT molecular complexity index is 782. The summed E-state index contributed by atoms with van der Waals surface area (Å²) in [6, 6.07) is 7.48. The SMILES string of the molecule is Cc1cccc2nc(CN3CCOCC(C4CCC4)C3)cc(=O)n12. The van der Waals surface area contributed by atoms with Crippen LogP contribution in [-0.2, 0) is 11.3 Å². The molecule has 0 spiro atoms. The summed E-state index contributed by atoms with van der Waals surface area (Å²) < 4.78 is 7.49. The van der Waals surface area contributed by atoms with Crippen molar-refractivity contribution >= 4 is 5.65 Å². The molecule has 0 amide bonds. The van der Waals surface area contributed by atoms with Gasteiger partial charge < -0.3 is 4.74 Å². The first kappa shape index (κ1) is 15.8. The van der Waals surface area contributed by atoms with Crippen LogP contribution in [0.25, 0.3) is 5.65 Å². The molecule has 4 rings (SSSR count). The summed E-state index contributed by atoms with van der Waals surface area (Å²) in [4.78, 5) is 19.6. The van der Waals surface area contributed by atoms with Crippen LogP contribution in [0.4, 0.5) is 0 Å². The Morgan fingerprint density at radius 2 is 2.17 bits per heavy atom. The molecule has 1 saturated heterocycles. The van der Waals surface area contributed by atoms with Crippen LogP contribution in [0.2, 0.25) is 0 Å². The lowest BCUT2D eigenvalue weighted by Gasteiger charge is -2.34. The molecule has 2 fully saturated rings. The summed E-state index contributed by atoms with van der Waals surface area (Å²) >= 11 is 0. The van der Waals surface area contributed by atoms with E-state index in [1.807, 2.05) is 25.1 Å². The van der Waals surface area contributed by atoms with Gasteiger partial charge in [-0.15, -0.1) is 0 Å². The van der Waals surface area contributed by atoms with Crippen LogP contribution in [0.1, 0.15) is 30.7 Å². The Labute approximate surface area is 142 Å². The first-order valence-electron chi connectivity index (χ1n) is 8.99. The maximum absolute atomic E-state index is 12.4. The van der Waals surface area contributed by atoms with Crippen LogP contribution in [0.5, 0.6) is 0 Å². The van der Waals surface area contributed by atoms with Gasteiger partial charge in [0.1, 0.15) is 5.65 Å². The highest BCUT2D eigenvalue weighted by Gasteiger charge is 2.30. The monoisotopic (exact) mass is 327 g/mol. The molecule has 0 bridgehead atoms. The second-order valence-corrected chi connectivity index (χ2v) is 7.21. The molecule has 0 N–H and O–H groups in total. The molecule has 1 aliphatic heterocycles. The predicted molar refractivity (Wildman–Crippen MR) is 93.1 cm³/mol. The number of aromatic nitrogens is 2. The first-order chi connectivity index (χ1) is 11.7. The third-order valence-electron chi connectivity index (χ3n) is 5.51. The van der Waals surface area contributed by atoms with Crippen LogP contribution >= 0.6 is 0 Å². The molecule has 1 aliphatic carbocycles. The standard InChI is InChI=1S/C19H25N3O2/c1-14-4-2-7-18-20-17(10-19(23)22(14)18)12-21-8-9-24-13-16(11-21)15-5-3-6-15/h2,4,7,10,15-16H,3,5-6,8-9,11-13H2,1H3. The van der Waals surface area contributed by atoms with Gasteiger partial charge in [0.2, 0.25) is 0 Å². The summed E-state index contributed by atoms with van der Waals surface area (Å²) in [6.07, 6.45) is 4.05. The largest absolute Gasteiger partial charge is 0.380 e. The van der Waals surface area contributed by atoms with Crippen molar-refractivity contribution < 1.29 is 4.74 Å². The second-order valence-electron chi connectivity index (χ2n) is 7.21. The summed E-state index contributed by atoms with van der Waals surface area (Å²) in [6.45, 7) is 6.29. The summed E-state index contributed by atoms with van der Waals surface area (Å²) in [5, 5.41) is 0. The lowest BCUT2D eigenvalue weighted by atomic mass is 9.76. The van der Waals surface area contributed by atoms with Gasteiger partial charge in [-0.25, -0.2) is 4.98 Å². The van der Waals surface area contributed by atoms with Gasteiger partial charge in [-0.1, -0.05) is 25.3 Å². The maximum Gasteiger partial charge on any atom is 0.258 e. The van der Waals surface area contributed by atoms with Gasteiger partial charge in [-0.3, -0.25) is 14.1 Å². The Hall–Kier alpha value is -1.72. The van der Waals surface area contributed by atoms with Crippen molar-refractivity contribution in [1.29, 1.82) is 0 Å². The minimum absolute atomic E-state index is 0.00900. The van der Waals surface area contributed by atoms with Crippen molar-refractivity contribution in [2.24, 2.45) is 11.8 Å². The molecule has 3 heterocycles. The van der Waals surface area contributed by atoms with Crippen molar-refractivity contribution in [2.45, 2.75) is 32.7 Å². The number of rotatable bonds is 3. The molecule has 1 unspecified atom stereocenters. The average Bonchev–Trinajstić information content (AvgIpc) is 2.71. The highest BCUT2D eigenvalue weighted by Crippen LogP contribution is 2.34. The fourth-order valence-electron chi connectivity index (χ4n) is 3.92. The van der Waals surface area contributed by atoms with Crippen molar-refractivity contribution in [3.05, 3.63) is 46.0 Å². The molecule has 24 heavy (non-hydrogen) atoms. The van der Waals surface area contributed by atoms with Gasteiger partial charge in [0.25, 0.3) is 5.56 Å². The van der Waals surface area contributed by atoms with Crippen molar-refractivity contribution in [3.63, 3.8) is 0 Å². The van der Waals surface area contributed by atoms with E-state index in [-0.39, 0.29) is 5.56 Å². The second kappa shape index (κ2) is 6.65. The van der Waals surface area contributed by atoms with Gasteiger partial charge in [-0.2, -0.15) is 0 Å². The fraction of sp³-hybridized carbons (Fsp3) is 0.579. The van der Waals surface area contributed by atoms with E-state index in [4.69, 9.17) is 9.72 Å². The van der Waals surface area contributed by atoms with Crippen molar-refractivity contribution in [1.82, 2.24) is 14.3 Å². The minimum atomic E-state index is 0.00900. The first-order valence-corrected chi connectivity index (χ1v) is 8.99. The predicted octanol–water partition coefficient (Wildman–Crippen LogP) is 2.25. The Balaban J connectivity index is 1.55. The summed E-state index contributed by atoms with van der Waals surface area (Å²) in [7, 11) is 0. The third kappa shape index (κ3) is 3.10. The van der Waals surface area contributed by atoms with Gasteiger partial charge >= 0.3 is 0 Å². The molecule has 5 heteroatoms. The zero-order valence-corrected chi connectivity index (χ0v) is 14.3. The average molecular weight is 327 g/mol. The van der Waals surface area contributed by atoms with Gasteiger partial charge in [0.15, 0.2) is 0 Å². The highest BCUT2D eigenvalue weighted by atomic mass is 16.5.